The molecule has 1 spiro atoms. The van der Waals surface area contributed by atoms with Crippen LogP contribution in [0.1, 0.15) is 15.9 Å². The first-order valence-electron chi connectivity index (χ1n) is 6.41. The summed E-state index contributed by atoms with van der Waals surface area (Å²) in [5.41, 5.74) is 1.50. The van der Waals surface area contributed by atoms with Crippen LogP contribution in [0.15, 0.2) is 42.5 Å². The van der Waals surface area contributed by atoms with Crippen LogP contribution in [0.25, 0.3) is 0 Å². The Morgan fingerprint density at radius 2 is 1.90 bits per heavy atom. The number of carbonyl (C=O) groups is 1. The fraction of sp³-hybridized carbons (Fsp3) is 0.188. The molecule has 0 amide bonds. The summed E-state index contributed by atoms with van der Waals surface area (Å²) in [6.07, 6.45) is 0.396. The van der Waals surface area contributed by atoms with E-state index in [1.165, 1.54) is 0 Å². The first-order valence-corrected chi connectivity index (χ1v) is 6.41. The number of methoxy groups -OCH3 is 1. The van der Waals surface area contributed by atoms with Gasteiger partial charge in [-0.25, -0.2) is 0 Å². The van der Waals surface area contributed by atoms with Gasteiger partial charge in [0.2, 0.25) is 0 Å². The van der Waals surface area contributed by atoms with Gasteiger partial charge in [-0.3, -0.25) is 4.79 Å². The van der Waals surface area contributed by atoms with E-state index in [9.17, 15) is 4.79 Å². The molecule has 0 saturated carbocycles. The highest BCUT2D eigenvalue weighted by molar-refractivity contribution is 6.07. The highest BCUT2D eigenvalue weighted by atomic mass is 16.7. The van der Waals surface area contributed by atoms with Crippen LogP contribution in [0.5, 0.6) is 17.2 Å². The first-order chi connectivity index (χ1) is 9.72. The molecule has 4 heteroatoms. The van der Waals surface area contributed by atoms with E-state index >= 15 is 0 Å². The van der Waals surface area contributed by atoms with Crippen molar-refractivity contribution in [2.75, 3.05) is 7.11 Å². The van der Waals surface area contributed by atoms with E-state index in [0.29, 0.717) is 23.5 Å². The maximum atomic E-state index is 12.6. The van der Waals surface area contributed by atoms with Crippen LogP contribution in [-0.4, -0.2) is 18.7 Å². The Balaban J connectivity index is 1.75. The minimum absolute atomic E-state index is 0.122. The highest BCUT2D eigenvalue weighted by Crippen LogP contribution is 2.44. The maximum absolute atomic E-state index is 12.6. The number of para-hydroxylation sites is 1. The van der Waals surface area contributed by atoms with Gasteiger partial charge in [0, 0.05) is 5.56 Å². The number of ether oxygens (including phenoxy) is 3. The van der Waals surface area contributed by atoms with Crippen molar-refractivity contribution in [1.82, 2.24) is 0 Å². The summed E-state index contributed by atoms with van der Waals surface area (Å²) < 4.78 is 16.8. The van der Waals surface area contributed by atoms with Gasteiger partial charge in [0.1, 0.15) is 17.2 Å². The second-order valence-electron chi connectivity index (χ2n) is 4.93. The molecule has 4 rings (SSSR count). The van der Waals surface area contributed by atoms with Gasteiger partial charge in [0.05, 0.1) is 19.1 Å². The van der Waals surface area contributed by atoms with Gasteiger partial charge in [-0.05, 0) is 30.3 Å². The molecule has 1 atom stereocenters. The van der Waals surface area contributed by atoms with E-state index in [2.05, 4.69) is 0 Å². The van der Waals surface area contributed by atoms with Crippen LogP contribution in [-0.2, 0) is 6.42 Å². The molecule has 0 fully saturated rings. The maximum Gasteiger partial charge on any atom is 0.320 e. The lowest BCUT2D eigenvalue weighted by atomic mass is 10.0. The number of ketones is 1. The van der Waals surface area contributed by atoms with Crippen LogP contribution in [0.4, 0.5) is 0 Å². The topological polar surface area (TPSA) is 44.8 Å². The molecule has 4 nitrogen and oxygen atoms in total. The first kappa shape index (κ1) is 11.3. The Morgan fingerprint density at radius 3 is 2.70 bits per heavy atom. The normalized spacial score (nSPS) is 22.1. The third-order valence-corrected chi connectivity index (χ3v) is 3.72. The lowest BCUT2D eigenvalue weighted by Gasteiger charge is -2.20. The van der Waals surface area contributed by atoms with Gasteiger partial charge in [-0.1, -0.05) is 12.1 Å². The number of benzene rings is 2. The average Bonchev–Trinajstić information content (AvgIpc) is 2.97. The molecule has 2 aliphatic heterocycles. The third kappa shape index (κ3) is 1.39. The Hall–Kier alpha value is -2.49. The van der Waals surface area contributed by atoms with Crippen LogP contribution < -0.4 is 14.2 Å². The number of Topliss-reactive ketones (excluding diaryl/α,β-unsaturated/α-hetero) is 1. The number of fused-ring (bicyclic) bond motifs is 2. The summed E-state index contributed by atoms with van der Waals surface area (Å²) in [6, 6.07) is 12.7. The van der Waals surface area contributed by atoms with Crippen molar-refractivity contribution >= 4 is 5.78 Å². The molecular formula is C16H12O4. The van der Waals surface area contributed by atoms with Gasteiger partial charge < -0.3 is 14.2 Å². The predicted octanol–water partition coefficient (Wildman–Crippen LogP) is 2.60. The van der Waals surface area contributed by atoms with E-state index in [1.54, 1.807) is 19.2 Å². The van der Waals surface area contributed by atoms with Crippen LogP contribution in [0.3, 0.4) is 0 Å². The standard InChI is InChI=1S/C16H12O4/c1-18-11-6-7-13-10(8-11)9-16(19-13)15(17)12-4-2-3-5-14(12)20-16/h2-8H,9H2,1H3. The van der Waals surface area contributed by atoms with E-state index in [4.69, 9.17) is 14.2 Å². The van der Waals surface area contributed by atoms with Gasteiger partial charge in [0.15, 0.2) is 0 Å². The molecule has 2 heterocycles. The fourth-order valence-electron chi connectivity index (χ4n) is 2.74. The zero-order valence-electron chi connectivity index (χ0n) is 10.9. The second-order valence-corrected chi connectivity index (χ2v) is 4.93. The molecule has 0 N–H and O–H groups in total. The fourth-order valence-corrected chi connectivity index (χ4v) is 2.74. The van der Waals surface area contributed by atoms with Crippen LogP contribution in [0, 0.1) is 0 Å². The smallest absolute Gasteiger partial charge is 0.320 e. The van der Waals surface area contributed by atoms with Gasteiger partial charge >= 0.3 is 5.79 Å². The summed E-state index contributed by atoms with van der Waals surface area (Å²) in [4.78, 5) is 12.6. The van der Waals surface area contributed by atoms with Gasteiger partial charge in [0.25, 0.3) is 5.78 Å². The molecule has 2 aromatic carbocycles. The Bertz CT molecular complexity index is 722. The molecule has 0 aromatic heterocycles. The SMILES string of the molecule is COc1ccc2c(c1)CC1(O2)Oc2ccccc2C1=O. The monoisotopic (exact) mass is 268 g/mol. The molecule has 2 aliphatic rings. The predicted molar refractivity (Wildman–Crippen MR) is 71.5 cm³/mol. The number of carbonyl (C=O) groups excluding carboxylic acids is 1. The van der Waals surface area contributed by atoms with Crippen molar-refractivity contribution in [3.63, 3.8) is 0 Å². The van der Waals surface area contributed by atoms with Crippen LogP contribution in [0.2, 0.25) is 0 Å². The minimum Gasteiger partial charge on any atom is -0.497 e. The van der Waals surface area contributed by atoms with Gasteiger partial charge in [-0.15, -0.1) is 0 Å². The molecule has 0 radical (unpaired) electrons. The third-order valence-electron chi connectivity index (χ3n) is 3.72. The molecule has 0 saturated heterocycles. The molecule has 2 aromatic rings. The minimum atomic E-state index is -1.24. The zero-order chi connectivity index (χ0) is 13.7. The number of hydrogen-bond acceptors (Lipinski definition) is 4. The van der Waals surface area contributed by atoms with Crippen molar-refractivity contribution in [3.8, 4) is 17.2 Å². The van der Waals surface area contributed by atoms with Crippen molar-refractivity contribution in [1.29, 1.82) is 0 Å². The summed E-state index contributed by atoms with van der Waals surface area (Å²) in [6.45, 7) is 0. The molecule has 1 unspecified atom stereocenters. The molecule has 20 heavy (non-hydrogen) atoms. The van der Waals surface area contributed by atoms with Crippen molar-refractivity contribution in [3.05, 3.63) is 53.6 Å². The zero-order valence-corrected chi connectivity index (χ0v) is 10.9. The lowest BCUT2D eigenvalue weighted by Crippen LogP contribution is -2.44. The van der Waals surface area contributed by atoms with E-state index < -0.39 is 5.79 Å². The van der Waals surface area contributed by atoms with E-state index in [1.807, 2.05) is 30.3 Å². The Morgan fingerprint density at radius 1 is 1.10 bits per heavy atom. The summed E-state index contributed by atoms with van der Waals surface area (Å²) >= 11 is 0. The van der Waals surface area contributed by atoms with Crippen molar-refractivity contribution in [2.45, 2.75) is 12.2 Å². The summed E-state index contributed by atoms with van der Waals surface area (Å²) in [7, 11) is 1.61. The molecule has 0 aliphatic carbocycles. The van der Waals surface area contributed by atoms with E-state index in [0.717, 1.165) is 11.3 Å². The average molecular weight is 268 g/mol. The largest absolute Gasteiger partial charge is 0.497 e. The Labute approximate surface area is 115 Å². The van der Waals surface area contributed by atoms with Crippen molar-refractivity contribution in [2.24, 2.45) is 0 Å². The van der Waals surface area contributed by atoms with Crippen molar-refractivity contribution < 1.29 is 19.0 Å². The summed E-state index contributed by atoms with van der Waals surface area (Å²) in [5, 5.41) is 0. The summed E-state index contributed by atoms with van der Waals surface area (Å²) in [5.74, 6) is 0.637. The quantitative estimate of drug-likeness (QED) is 0.797. The van der Waals surface area contributed by atoms with E-state index in [-0.39, 0.29) is 5.78 Å². The lowest BCUT2D eigenvalue weighted by molar-refractivity contribution is -0.0531. The highest BCUT2D eigenvalue weighted by Gasteiger charge is 2.54. The second kappa shape index (κ2) is 3.76. The number of hydrogen-bond donors (Lipinski definition) is 0. The molecule has 0 bridgehead atoms. The molecular weight excluding hydrogens is 256 g/mol. The van der Waals surface area contributed by atoms with Gasteiger partial charge in [-0.2, -0.15) is 0 Å². The Kier molecular flexibility index (Phi) is 2.13. The van der Waals surface area contributed by atoms with Crippen LogP contribution >= 0.6 is 0 Å². The number of rotatable bonds is 1. The molecule has 100 valence electrons.